The molecule has 36 heavy (non-hydrogen) atoms. The number of carbonyl (C=O) groups is 2. The van der Waals surface area contributed by atoms with Crippen molar-refractivity contribution in [3.63, 3.8) is 0 Å². The number of ether oxygens (including phenoxy) is 1. The van der Waals surface area contributed by atoms with Crippen molar-refractivity contribution < 1.29 is 14.3 Å². The Hall–Kier alpha value is -4.29. The zero-order chi connectivity index (χ0) is 25.1. The molecular formula is C30H24N2O3S. The van der Waals surface area contributed by atoms with Gasteiger partial charge in [-0.05, 0) is 29.7 Å². The fourth-order valence-corrected chi connectivity index (χ4v) is 5.13. The largest absolute Gasteiger partial charge is 0.465 e. The molecule has 5 aromatic rings. The molecule has 2 heterocycles. The number of nitrogens with one attached hydrogen (secondary N) is 1. The Bertz CT molecular complexity index is 1560. The van der Waals surface area contributed by atoms with Crippen LogP contribution in [0.5, 0.6) is 0 Å². The maximum atomic E-state index is 13.6. The van der Waals surface area contributed by atoms with Crippen LogP contribution in [-0.2, 0) is 11.2 Å². The van der Waals surface area contributed by atoms with Gasteiger partial charge in [0.2, 0.25) is 0 Å². The minimum absolute atomic E-state index is 0.313. The number of hydrogen-bond donors (Lipinski definition) is 1. The average molecular weight is 493 g/mol. The van der Waals surface area contributed by atoms with Crippen LogP contribution in [0.25, 0.3) is 33.3 Å². The van der Waals surface area contributed by atoms with Gasteiger partial charge in [-0.15, -0.1) is 11.3 Å². The second kappa shape index (κ2) is 10.1. The third kappa shape index (κ3) is 4.51. The minimum atomic E-state index is -0.498. The first-order chi connectivity index (χ1) is 17.6. The van der Waals surface area contributed by atoms with E-state index in [0.29, 0.717) is 21.8 Å². The Balaban J connectivity index is 1.57. The second-order valence-corrected chi connectivity index (χ2v) is 9.17. The van der Waals surface area contributed by atoms with Crippen LogP contribution in [0.2, 0.25) is 0 Å². The number of aromatic nitrogens is 1. The van der Waals surface area contributed by atoms with E-state index in [2.05, 4.69) is 24.4 Å². The van der Waals surface area contributed by atoms with E-state index in [9.17, 15) is 9.59 Å². The Morgan fingerprint density at radius 1 is 0.917 bits per heavy atom. The van der Waals surface area contributed by atoms with Gasteiger partial charge in [-0.3, -0.25) is 4.79 Å². The summed E-state index contributed by atoms with van der Waals surface area (Å²) in [5.41, 5.74) is 6.04. The molecule has 0 radical (unpaired) electrons. The predicted octanol–water partition coefficient (Wildman–Crippen LogP) is 7.23. The fourth-order valence-electron chi connectivity index (χ4n) is 4.18. The number of carbonyl (C=O) groups excluding carboxylic acids is 2. The van der Waals surface area contributed by atoms with Gasteiger partial charge in [0.25, 0.3) is 5.91 Å². The molecule has 0 spiro atoms. The quantitative estimate of drug-likeness (QED) is 0.254. The molecule has 0 aliphatic carbocycles. The van der Waals surface area contributed by atoms with Crippen molar-refractivity contribution in [2.45, 2.75) is 13.3 Å². The van der Waals surface area contributed by atoms with Crippen molar-refractivity contribution in [3.05, 3.63) is 107 Å². The lowest BCUT2D eigenvalue weighted by Gasteiger charge is -2.12. The standard InChI is InChI=1S/C30H24N2O3S/c1-3-19-13-15-21(16-14-19)26-17-23(22-11-7-8-12-25(22)31-26)28(33)32-29-27(30(34)35-2)24(18-36-29)20-9-5-4-6-10-20/h4-18H,3H2,1-2H3,(H,32,33). The number of nitrogens with zero attached hydrogens (tertiary/aromatic N) is 1. The summed E-state index contributed by atoms with van der Waals surface area (Å²) in [5.74, 6) is -0.812. The van der Waals surface area contributed by atoms with Crippen molar-refractivity contribution in [2.24, 2.45) is 0 Å². The second-order valence-electron chi connectivity index (χ2n) is 8.29. The normalized spacial score (nSPS) is 10.8. The number of amides is 1. The molecule has 0 fully saturated rings. The Morgan fingerprint density at radius 3 is 2.36 bits per heavy atom. The van der Waals surface area contributed by atoms with E-state index < -0.39 is 5.97 Å². The summed E-state index contributed by atoms with van der Waals surface area (Å²) in [7, 11) is 1.34. The molecule has 0 aliphatic rings. The highest BCUT2D eigenvalue weighted by Crippen LogP contribution is 2.37. The van der Waals surface area contributed by atoms with E-state index in [-0.39, 0.29) is 5.91 Å². The number of methoxy groups -OCH3 is 1. The van der Waals surface area contributed by atoms with Gasteiger partial charge in [0.05, 0.1) is 23.9 Å². The van der Waals surface area contributed by atoms with Crippen molar-refractivity contribution in [1.82, 2.24) is 4.98 Å². The van der Waals surface area contributed by atoms with Gasteiger partial charge in [-0.1, -0.05) is 79.7 Å². The Morgan fingerprint density at radius 2 is 1.64 bits per heavy atom. The summed E-state index contributed by atoms with van der Waals surface area (Å²) < 4.78 is 5.06. The molecule has 5 rings (SSSR count). The molecular weight excluding hydrogens is 468 g/mol. The molecule has 3 aromatic carbocycles. The average Bonchev–Trinajstić information content (AvgIpc) is 3.35. The van der Waals surface area contributed by atoms with Crippen LogP contribution in [-0.4, -0.2) is 24.0 Å². The Labute approximate surface area is 213 Å². The summed E-state index contributed by atoms with van der Waals surface area (Å²) in [5, 5.41) is 6.02. The predicted molar refractivity (Wildman–Crippen MR) is 146 cm³/mol. The van der Waals surface area contributed by atoms with Crippen molar-refractivity contribution in [3.8, 4) is 22.4 Å². The summed E-state index contributed by atoms with van der Waals surface area (Å²) in [6.45, 7) is 2.11. The van der Waals surface area contributed by atoms with Crippen LogP contribution in [0.4, 0.5) is 5.00 Å². The summed E-state index contributed by atoms with van der Waals surface area (Å²) in [6.07, 6.45) is 0.952. The molecule has 1 amide bonds. The van der Waals surface area contributed by atoms with Crippen molar-refractivity contribution in [2.75, 3.05) is 12.4 Å². The zero-order valence-corrected chi connectivity index (χ0v) is 20.8. The van der Waals surface area contributed by atoms with Crippen molar-refractivity contribution >= 4 is 39.1 Å². The topological polar surface area (TPSA) is 68.3 Å². The van der Waals surface area contributed by atoms with Crippen LogP contribution in [0, 0.1) is 0 Å². The number of benzene rings is 3. The van der Waals surface area contributed by atoms with Gasteiger partial charge in [0.1, 0.15) is 10.6 Å². The van der Waals surface area contributed by atoms with Crippen molar-refractivity contribution in [1.29, 1.82) is 0 Å². The molecule has 0 saturated carbocycles. The fraction of sp³-hybridized carbons (Fsp3) is 0.100. The molecule has 0 unspecified atom stereocenters. The summed E-state index contributed by atoms with van der Waals surface area (Å²) >= 11 is 1.30. The Kier molecular flexibility index (Phi) is 6.60. The number of pyridine rings is 1. The van der Waals surface area contributed by atoms with Crippen LogP contribution >= 0.6 is 11.3 Å². The first kappa shape index (κ1) is 23.5. The molecule has 0 aliphatic heterocycles. The number of rotatable bonds is 6. The van der Waals surface area contributed by atoms with Gasteiger partial charge in [-0.2, -0.15) is 0 Å². The number of fused-ring (bicyclic) bond motifs is 1. The van der Waals surface area contributed by atoms with Gasteiger partial charge < -0.3 is 10.1 Å². The maximum absolute atomic E-state index is 13.6. The van der Waals surface area contributed by atoms with Crippen LogP contribution in [0.15, 0.2) is 90.3 Å². The SMILES string of the molecule is CCc1ccc(-c2cc(C(=O)Nc3scc(-c4ccccc4)c3C(=O)OC)c3ccccc3n2)cc1. The highest BCUT2D eigenvalue weighted by Gasteiger charge is 2.23. The van der Waals surface area contributed by atoms with Gasteiger partial charge >= 0.3 is 5.97 Å². The van der Waals surface area contributed by atoms with E-state index in [1.54, 1.807) is 0 Å². The molecule has 0 saturated heterocycles. The van der Waals surface area contributed by atoms with Gasteiger partial charge in [-0.25, -0.2) is 9.78 Å². The molecule has 0 atom stereocenters. The molecule has 0 bridgehead atoms. The number of para-hydroxylation sites is 1. The number of thiophene rings is 1. The number of anilines is 1. The van der Waals surface area contributed by atoms with E-state index >= 15 is 0 Å². The summed E-state index contributed by atoms with van der Waals surface area (Å²) in [4.78, 5) is 31.2. The first-order valence-electron chi connectivity index (χ1n) is 11.6. The van der Waals surface area contributed by atoms with Crippen LogP contribution in [0.3, 0.4) is 0 Å². The van der Waals surface area contributed by atoms with Gasteiger partial charge in [0, 0.05) is 21.9 Å². The molecule has 2 aromatic heterocycles. The third-order valence-electron chi connectivity index (χ3n) is 6.11. The molecule has 1 N–H and O–H groups in total. The van der Waals surface area contributed by atoms with Crippen LogP contribution < -0.4 is 5.32 Å². The number of esters is 1. The third-order valence-corrected chi connectivity index (χ3v) is 7.01. The lowest BCUT2D eigenvalue weighted by Crippen LogP contribution is -2.15. The van der Waals surface area contributed by atoms with E-state index in [1.807, 2.05) is 78.2 Å². The maximum Gasteiger partial charge on any atom is 0.341 e. The van der Waals surface area contributed by atoms with E-state index in [0.717, 1.165) is 34.0 Å². The zero-order valence-electron chi connectivity index (χ0n) is 19.9. The lowest BCUT2D eigenvalue weighted by molar-refractivity contribution is 0.0603. The highest BCUT2D eigenvalue weighted by molar-refractivity contribution is 7.15. The number of hydrogen-bond acceptors (Lipinski definition) is 5. The molecule has 6 heteroatoms. The van der Waals surface area contributed by atoms with E-state index in [1.165, 1.54) is 24.0 Å². The molecule has 178 valence electrons. The minimum Gasteiger partial charge on any atom is -0.465 e. The van der Waals surface area contributed by atoms with Crippen LogP contribution in [0.1, 0.15) is 33.2 Å². The monoisotopic (exact) mass is 492 g/mol. The van der Waals surface area contributed by atoms with E-state index in [4.69, 9.17) is 9.72 Å². The lowest BCUT2D eigenvalue weighted by atomic mass is 10.0. The number of aryl methyl sites for hydroxylation is 1. The molecule has 5 nitrogen and oxygen atoms in total. The highest BCUT2D eigenvalue weighted by atomic mass is 32.1. The van der Waals surface area contributed by atoms with Gasteiger partial charge in [0.15, 0.2) is 0 Å². The summed E-state index contributed by atoms with van der Waals surface area (Å²) in [6, 6.07) is 27.2. The first-order valence-corrected chi connectivity index (χ1v) is 12.5. The smallest absolute Gasteiger partial charge is 0.341 e.